The highest BCUT2D eigenvalue weighted by molar-refractivity contribution is 5.79. The summed E-state index contributed by atoms with van der Waals surface area (Å²) in [7, 11) is 7.79. The summed E-state index contributed by atoms with van der Waals surface area (Å²) in [6, 6.07) is 0. The van der Waals surface area contributed by atoms with Gasteiger partial charge in [-0.3, -0.25) is 14.4 Å². The molecule has 2 aromatic rings. The Kier molecular flexibility index (Phi) is 6.00. The Bertz CT molecular complexity index is 696. The predicted molar refractivity (Wildman–Crippen MR) is 96.8 cm³/mol. The van der Waals surface area contributed by atoms with Crippen LogP contribution in [0.2, 0.25) is 0 Å². The lowest BCUT2D eigenvalue weighted by molar-refractivity contribution is 0.476. The van der Waals surface area contributed by atoms with Crippen molar-refractivity contribution in [3.63, 3.8) is 0 Å². The molecule has 132 valence electrons. The summed E-state index contributed by atoms with van der Waals surface area (Å²) >= 11 is 0. The number of hydrogen-bond acceptors (Lipinski definition) is 3. The van der Waals surface area contributed by atoms with E-state index in [1.54, 1.807) is 0 Å². The fraction of sp³-hybridized carbons (Fsp3) is 0.588. The van der Waals surface area contributed by atoms with Crippen LogP contribution in [0.4, 0.5) is 0 Å². The molecule has 2 heterocycles. The minimum Gasteiger partial charge on any atom is -0.352 e. The first-order valence-electron chi connectivity index (χ1n) is 8.43. The second kappa shape index (κ2) is 7.99. The lowest BCUT2D eigenvalue weighted by Crippen LogP contribution is -2.38. The molecule has 0 aliphatic carbocycles. The van der Waals surface area contributed by atoms with E-state index in [-0.39, 0.29) is 0 Å². The maximum absolute atomic E-state index is 4.63. The van der Waals surface area contributed by atoms with Gasteiger partial charge in [-0.25, -0.2) is 0 Å². The standard InChI is InChI=1S/C17H29N7/c1-7-15-14(16(8-2)24(6)21-15)10-19-17(18-3)22(4)11-13-9-20-23(5)12-13/h9,12H,7-8,10-11H2,1-6H3,(H,18,19). The highest BCUT2D eigenvalue weighted by Gasteiger charge is 2.15. The Morgan fingerprint density at radius 2 is 2.04 bits per heavy atom. The van der Waals surface area contributed by atoms with Gasteiger partial charge in [-0.1, -0.05) is 13.8 Å². The molecule has 24 heavy (non-hydrogen) atoms. The minimum atomic E-state index is 0.740. The SMILES string of the molecule is CCc1nn(C)c(CC)c1CNC(=NC)N(C)Cc1cnn(C)c1. The van der Waals surface area contributed by atoms with Crippen LogP contribution in [-0.4, -0.2) is 44.5 Å². The smallest absolute Gasteiger partial charge is 0.193 e. The Morgan fingerprint density at radius 1 is 1.29 bits per heavy atom. The quantitative estimate of drug-likeness (QED) is 0.643. The van der Waals surface area contributed by atoms with Crippen LogP contribution >= 0.6 is 0 Å². The summed E-state index contributed by atoms with van der Waals surface area (Å²) in [5, 5.41) is 12.3. The van der Waals surface area contributed by atoms with Gasteiger partial charge in [0.2, 0.25) is 0 Å². The Labute approximate surface area is 144 Å². The molecule has 2 aromatic heterocycles. The average Bonchev–Trinajstić information content (AvgIpc) is 3.10. The largest absolute Gasteiger partial charge is 0.352 e. The van der Waals surface area contributed by atoms with E-state index >= 15 is 0 Å². The van der Waals surface area contributed by atoms with Gasteiger partial charge in [-0.05, 0) is 12.8 Å². The van der Waals surface area contributed by atoms with Crippen molar-refractivity contribution < 1.29 is 0 Å². The Balaban J connectivity index is 2.06. The average molecular weight is 331 g/mol. The van der Waals surface area contributed by atoms with Crippen LogP contribution in [0.1, 0.15) is 36.4 Å². The topological polar surface area (TPSA) is 63.3 Å². The number of hydrogen-bond donors (Lipinski definition) is 1. The zero-order valence-corrected chi connectivity index (χ0v) is 15.7. The van der Waals surface area contributed by atoms with Gasteiger partial charge >= 0.3 is 0 Å². The number of aromatic nitrogens is 4. The molecule has 0 amide bonds. The fourth-order valence-electron chi connectivity index (χ4n) is 3.05. The molecule has 0 atom stereocenters. The molecule has 0 bridgehead atoms. The van der Waals surface area contributed by atoms with Crippen molar-refractivity contribution in [1.29, 1.82) is 0 Å². The number of nitrogens with zero attached hydrogens (tertiary/aromatic N) is 6. The molecule has 7 heteroatoms. The van der Waals surface area contributed by atoms with E-state index in [0.29, 0.717) is 0 Å². The van der Waals surface area contributed by atoms with E-state index in [2.05, 4.69) is 39.3 Å². The number of aryl methyl sites for hydroxylation is 3. The highest BCUT2D eigenvalue weighted by atomic mass is 15.3. The molecule has 2 rings (SSSR count). The number of rotatable bonds is 6. The van der Waals surface area contributed by atoms with Crippen molar-refractivity contribution in [2.75, 3.05) is 14.1 Å². The van der Waals surface area contributed by atoms with Gasteiger partial charge in [0.1, 0.15) is 0 Å². The third-order valence-corrected chi connectivity index (χ3v) is 4.20. The van der Waals surface area contributed by atoms with Crippen LogP contribution in [0, 0.1) is 0 Å². The lowest BCUT2D eigenvalue weighted by Gasteiger charge is -2.21. The summed E-state index contributed by atoms with van der Waals surface area (Å²) in [5.41, 5.74) is 4.89. The van der Waals surface area contributed by atoms with Gasteiger partial charge in [-0.15, -0.1) is 0 Å². The molecular formula is C17H29N7. The van der Waals surface area contributed by atoms with Crippen LogP contribution < -0.4 is 5.32 Å². The van der Waals surface area contributed by atoms with Crippen LogP contribution in [-0.2, 0) is 40.0 Å². The van der Waals surface area contributed by atoms with E-state index in [4.69, 9.17) is 0 Å². The second-order valence-corrected chi connectivity index (χ2v) is 5.98. The molecule has 1 N–H and O–H groups in total. The van der Waals surface area contributed by atoms with Crippen molar-refractivity contribution >= 4 is 5.96 Å². The van der Waals surface area contributed by atoms with Gasteiger partial charge in [0, 0.05) is 64.3 Å². The first-order chi connectivity index (χ1) is 11.5. The second-order valence-electron chi connectivity index (χ2n) is 5.98. The first-order valence-corrected chi connectivity index (χ1v) is 8.43. The molecule has 0 saturated heterocycles. The van der Waals surface area contributed by atoms with Crippen LogP contribution in [0.5, 0.6) is 0 Å². The fourth-order valence-corrected chi connectivity index (χ4v) is 3.05. The van der Waals surface area contributed by atoms with E-state index in [9.17, 15) is 0 Å². The van der Waals surface area contributed by atoms with Crippen molar-refractivity contribution in [2.45, 2.75) is 39.8 Å². The molecule has 0 radical (unpaired) electrons. The van der Waals surface area contributed by atoms with E-state index in [1.165, 1.54) is 11.3 Å². The summed E-state index contributed by atoms with van der Waals surface area (Å²) in [6.45, 7) is 5.82. The third-order valence-electron chi connectivity index (χ3n) is 4.20. The maximum Gasteiger partial charge on any atom is 0.193 e. The monoisotopic (exact) mass is 331 g/mol. The number of nitrogens with one attached hydrogen (secondary N) is 1. The van der Waals surface area contributed by atoms with Gasteiger partial charge in [0.05, 0.1) is 11.9 Å². The number of aliphatic imine (C=N–C) groups is 1. The molecule has 7 nitrogen and oxygen atoms in total. The zero-order chi connectivity index (χ0) is 17.7. The van der Waals surface area contributed by atoms with E-state index < -0.39 is 0 Å². The van der Waals surface area contributed by atoms with Crippen LogP contribution in [0.3, 0.4) is 0 Å². The molecule has 0 unspecified atom stereocenters. The van der Waals surface area contributed by atoms with Gasteiger partial charge in [0.15, 0.2) is 5.96 Å². The van der Waals surface area contributed by atoms with Crippen molar-refractivity contribution in [2.24, 2.45) is 19.1 Å². The number of guanidine groups is 1. The predicted octanol–water partition coefficient (Wildman–Crippen LogP) is 1.49. The minimum absolute atomic E-state index is 0.740. The van der Waals surface area contributed by atoms with Gasteiger partial charge in [0.25, 0.3) is 0 Å². The van der Waals surface area contributed by atoms with Crippen LogP contribution in [0.15, 0.2) is 17.4 Å². The molecule has 0 spiro atoms. The molecule has 0 aliphatic rings. The Morgan fingerprint density at radius 3 is 2.58 bits per heavy atom. The summed E-state index contributed by atoms with van der Waals surface area (Å²) in [6.07, 6.45) is 5.82. The normalized spacial score (nSPS) is 11.8. The summed E-state index contributed by atoms with van der Waals surface area (Å²) in [5.74, 6) is 0.867. The van der Waals surface area contributed by atoms with Crippen LogP contribution in [0.25, 0.3) is 0 Å². The molecular weight excluding hydrogens is 302 g/mol. The third kappa shape index (κ3) is 3.96. The molecule has 0 aromatic carbocycles. The summed E-state index contributed by atoms with van der Waals surface area (Å²) < 4.78 is 3.81. The highest BCUT2D eigenvalue weighted by Crippen LogP contribution is 2.15. The first kappa shape index (κ1) is 18.0. The van der Waals surface area contributed by atoms with E-state index in [0.717, 1.165) is 43.1 Å². The van der Waals surface area contributed by atoms with Gasteiger partial charge < -0.3 is 10.2 Å². The van der Waals surface area contributed by atoms with E-state index in [1.807, 2.05) is 49.9 Å². The molecule has 0 fully saturated rings. The molecule has 0 aliphatic heterocycles. The zero-order valence-electron chi connectivity index (χ0n) is 15.7. The molecule has 0 saturated carbocycles. The van der Waals surface area contributed by atoms with Gasteiger partial charge in [-0.2, -0.15) is 10.2 Å². The maximum atomic E-state index is 4.63. The Hall–Kier alpha value is -2.31. The van der Waals surface area contributed by atoms with Crippen molar-refractivity contribution in [1.82, 2.24) is 29.8 Å². The summed E-state index contributed by atoms with van der Waals surface area (Å²) in [4.78, 5) is 6.50. The lowest BCUT2D eigenvalue weighted by atomic mass is 10.1. The van der Waals surface area contributed by atoms with Crippen molar-refractivity contribution in [3.05, 3.63) is 34.9 Å². The van der Waals surface area contributed by atoms with Crippen molar-refractivity contribution in [3.8, 4) is 0 Å².